The van der Waals surface area contributed by atoms with Crippen molar-refractivity contribution in [2.75, 3.05) is 6.26 Å². The SMILES string of the molecule is CS[c-]1cccc1.[Ru+2].c1cc[cH-]c1. The maximum atomic E-state index is 2.10. The zero-order chi connectivity index (χ0) is 8.65. The minimum Gasteiger partial charge on any atom is -0.214 e. The van der Waals surface area contributed by atoms with Gasteiger partial charge in [0.1, 0.15) is 0 Å². The third kappa shape index (κ3) is 5.84. The molecule has 0 bridgehead atoms. The summed E-state index contributed by atoms with van der Waals surface area (Å²) in [6, 6.07) is 18.3. The summed E-state index contributed by atoms with van der Waals surface area (Å²) < 4.78 is 0. The van der Waals surface area contributed by atoms with E-state index >= 15 is 0 Å². The molecule has 2 heteroatoms. The van der Waals surface area contributed by atoms with Gasteiger partial charge in [-0.05, 0) is 6.26 Å². The first kappa shape index (κ1) is 12.7. The summed E-state index contributed by atoms with van der Waals surface area (Å²) in [5.74, 6) is 0. The average Bonchev–Trinajstić information content (AvgIpc) is 2.81. The summed E-state index contributed by atoms with van der Waals surface area (Å²) in [7, 11) is 0. The van der Waals surface area contributed by atoms with Crippen LogP contribution in [0.4, 0.5) is 0 Å². The van der Waals surface area contributed by atoms with Gasteiger partial charge in [0.15, 0.2) is 0 Å². The molecule has 0 amide bonds. The molecule has 0 atom stereocenters. The van der Waals surface area contributed by atoms with Crippen molar-refractivity contribution in [2.45, 2.75) is 4.90 Å². The maximum absolute atomic E-state index is 2.10. The molecular weight excluding hydrogens is 265 g/mol. The van der Waals surface area contributed by atoms with Crippen molar-refractivity contribution in [1.82, 2.24) is 0 Å². The van der Waals surface area contributed by atoms with E-state index in [2.05, 4.69) is 18.4 Å². The van der Waals surface area contributed by atoms with Gasteiger partial charge in [0, 0.05) is 0 Å². The summed E-state index contributed by atoms with van der Waals surface area (Å²) in [6.07, 6.45) is 2.08. The number of hydrogen-bond donors (Lipinski definition) is 0. The van der Waals surface area contributed by atoms with Gasteiger partial charge >= 0.3 is 19.5 Å². The predicted molar refractivity (Wildman–Crippen MR) is 55.9 cm³/mol. The van der Waals surface area contributed by atoms with Gasteiger partial charge in [0.2, 0.25) is 0 Å². The van der Waals surface area contributed by atoms with Gasteiger partial charge in [-0.2, -0.15) is 42.1 Å². The Morgan fingerprint density at radius 2 is 1.54 bits per heavy atom. The van der Waals surface area contributed by atoms with Crippen LogP contribution >= 0.6 is 11.8 Å². The summed E-state index contributed by atoms with van der Waals surface area (Å²) in [5, 5.41) is 0. The topological polar surface area (TPSA) is 0 Å². The number of thioether (sulfide) groups is 1. The van der Waals surface area contributed by atoms with Crippen molar-refractivity contribution in [3.63, 3.8) is 0 Å². The van der Waals surface area contributed by atoms with E-state index in [4.69, 9.17) is 0 Å². The Kier molecular flexibility index (Phi) is 8.07. The van der Waals surface area contributed by atoms with Crippen LogP contribution in [0.1, 0.15) is 0 Å². The van der Waals surface area contributed by atoms with E-state index < -0.39 is 0 Å². The van der Waals surface area contributed by atoms with Crippen LogP contribution in [0.2, 0.25) is 0 Å². The smallest absolute Gasteiger partial charge is 0.214 e. The quantitative estimate of drug-likeness (QED) is 0.436. The number of hydrogen-bond acceptors (Lipinski definition) is 1. The molecule has 0 saturated carbocycles. The molecule has 0 nitrogen and oxygen atoms in total. The number of rotatable bonds is 1. The maximum Gasteiger partial charge on any atom is 2.00 e. The van der Waals surface area contributed by atoms with Crippen LogP contribution in [0.5, 0.6) is 0 Å². The zero-order valence-electron chi connectivity index (χ0n) is 7.46. The first-order valence-corrected chi connectivity index (χ1v) is 5.08. The Bertz CT molecular complexity index is 241. The molecule has 0 unspecified atom stereocenters. The van der Waals surface area contributed by atoms with Crippen LogP contribution in [0.15, 0.2) is 59.5 Å². The van der Waals surface area contributed by atoms with Gasteiger partial charge in [0.25, 0.3) is 0 Å². The molecule has 0 aromatic heterocycles. The standard InChI is InChI=1S/C6H7S.C5H5.Ru/c1-7-6-4-2-3-5-6;1-2-4-5-3-1;/h2-5H,1H3;1-5H;/q2*-1;+2. The second-order valence-corrected chi connectivity index (χ2v) is 3.17. The van der Waals surface area contributed by atoms with Gasteiger partial charge in [-0.15, -0.1) is 4.90 Å². The van der Waals surface area contributed by atoms with Crippen LogP contribution in [0, 0.1) is 0 Å². The fourth-order valence-corrected chi connectivity index (χ4v) is 1.24. The Balaban J connectivity index is 0.000000215. The van der Waals surface area contributed by atoms with Crippen molar-refractivity contribution in [1.29, 1.82) is 0 Å². The van der Waals surface area contributed by atoms with Crippen molar-refractivity contribution in [3.05, 3.63) is 54.6 Å². The molecule has 0 aliphatic rings. The third-order valence-electron chi connectivity index (χ3n) is 1.42. The average molecular weight is 277 g/mol. The van der Waals surface area contributed by atoms with Crippen molar-refractivity contribution < 1.29 is 19.5 Å². The van der Waals surface area contributed by atoms with E-state index in [0.717, 1.165) is 0 Å². The molecule has 0 aliphatic carbocycles. The molecule has 0 fully saturated rings. The van der Waals surface area contributed by atoms with Gasteiger partial charge in [-0.25, -0.2) is 24.3 Å². The Labute approximate surface area is 96.8 Å². The molecule has 13 heavy (non-hydrogen) atoms. The fraction of sp³-hybridized carbons (Fsp3) is 0.0909. The van der Waals surface area contributed by atoms with Crippen molar-refractivity contribution in [2.24, 2.45) is 0 Å². The molecule has 2 aromatic rings. The summed E-state index contributed by atoms with van der Waals surface area (Å²) in [4.78, 5) is 1.35. The summed E-state index contributed by atoms with van der Waals surface area (Å²) >= 11 is 1.78. The van der Waals surface area contributed by atoms with Crippen LogP contribution in [-0.2, 0) is 19.5 Å². The van der Waals surface area contributed by atoms with Crippen LogP contribution in [0.3, 0.4) is 0 Å². The van der Waals surface area contributed by atoms with E-state index in [1.54, 1.807) is 11.8 Å². The monoisotopic (exact) mass is 278 g/mol. The van der Waals surface area contributed by atoms with Crippen LogP contribution in [0.25, 0.3) is 0 Å². The molecule has 0 saturated heterocycles. The first-order valence-electron chi connectivity index (χ1n) is 3.86. The molecule has 0 spiro atoms. The fourth-order valence-electron chi connectivity index (χ4n) is 0.813. The normalized spacial score (nSPS) is 8.08. The minimum atomic E-state index is 0. The van der Waals surface area contributed by atoms with Gasteiger partial charge in [-0.3, -0.25) is 0 Å². The molecule has 2 aromatic carbocycles. The van der Waals surface area contributed by atoms with E-state index in [0.29, 0.717) is 0 Å². The Morgan fingerprint density at radius 3 is 1.77 bits per heavy atom. The molecule has 0 aliphatic heterocycles. The van der Waals surface area contributed by atoms with Crippen molar-refractivity contribution in [3.8, 4) is 0 Å². The summed E-state index contributed by atoms with van der Waals surface area (Å²) in [6.45, 7) is 0. The van der Waals surface area contributed by atoms with Gasteiger partial charge in [0.05, 0.1) is 0 Å². The summed E-state index contributed by atoms with van der Waals surface area (Å²) in [5.41, 5.74) is 0. The molecule has 0 N–H and O–H groups in total. The van der Waals surface area contributed by atoms with Crippen LogP contribution < -0.4 is 0 Å². The third-order valence-corrected chi connectivity index (χ3v) is 2.17. The second kappa shape index (κ2) is 8.28. The molecule has 0 radical (unpaired) electrons. The van der Waals surface area contributed by atoms with Crippen LogP contribution in [-0.4, -0.2) is 6.26 Å². The molecular formula is C11H12RuS. The predicted octanol–water partition coefficient (Wildman–Crippen LogP) is 3.53. The van der Waals surface area contributed by atoms with E-state index in [1.165, 1.54) is 4.90 Å². The van der Waals surface area contributed by atoms with Gasteiger partial charge in [-0.1, -0.05) is 0 Å². The zero-order valence-corrected chi connectivity index (χ0v) is 10.0. The largest absolute Gasteiger partial charge is 2.00 e. The molecule has 0 heterocycles. The molecule has 70 valence electrons. The Hall–Kier alpha value is -0.327. The van der Waals surface area contributed by atoms with E-state index in [1.807, 2.05) is 42.5 Å². The minimum absolute atomic E-state index is 0. The first-order chi connectivity index (χ1) is 5.93. The van der Waals surface area contributed by atoms with Gasteiger partial charge < -0.3 is 0 Å². The molecule has 2 rings (SSSR count). The van der Waals surface area contributed by atoms with E-state index in [-0.39, 0.29) is 19.5 Å². The van der Waals surface area contributed by atoms with E-state index in [9.17, 15) is 0 Å². The van der Waals surface area contributed by atoms with Crippen molar-refractivity contribution >= 4 is 11.8 Å². The Morgan fingerprint density at radius 1 is 1.00 bits per heavy atom. The second-order valence-electron chi connectivity index (χ2n) is 2.29.